The van der Waals surface area contributed by atoms with E-state index in [-0.39, 0.29) is 12.2 Å². The van der Waals surface area contributed by atoms with Crippen molar-refractivity contribution in [2.45, 2.75) is 13.2 Å². The van der Waals surface area contributed by atoms with Crippen LogP contribution in [0.1, 0.15) is 16.7 Å². The molecule has 0 spiro atoms. The molecule has 168 valence electrons. The highest BCUT2D eigenvalue weighted by Crippen LogP contribution is 2.35. The van der Waals surface area contributed by atoms with Gasteiger partial charge in [0.25, 0.3) is 5.91 Å². The molecule has 0 aliphatic heterocycles. The Morgan fingerprint density at radius 2 is 1.88 bits per heavy atom. The van der Waals surface area contributed by atoms with Gasteiger partial charge < -0.3 is 14.8 Å². The molecule has 3 aromatic carbocycles. The maximum absolute atomic E-state index is 12.5. The van der Waals surface area contributed by atoms with Crippen molar-refractivity contribution in [3.63, 3.8) is 0 Å². The second-order valence-corrected chi connectivity index (χ2v) is 8.59. The van der Waals surface area contributed by atoms with Gasteiger partial charge in [0, 0.05) is 26.6 Å². The summed E-state index contributed by atoms with van der Waals surface area (Å²) in [6, 6.07) is 20.0. The third kappa shape index (κ3) is 6.75. The molecule has 1 amide bonds. The SMILES string of the molecule is COc1cc(/C=C(/C#N)C(=O)NCc2ccccc2)c(Br)cc1OCc1ccc(Cl)cc1Cl. The summed E-state index contributed by atoms with van der Waals surface area (Å²) < 4.78 is 12.0. The maximum Gasteiger partial charge on any atom is 0.262 e. The van der Waals surface area contributed by atoms with Crippen LogP contribution in [0, 0.1) is 11.3 Å². The van der Waals surface area contributed by atoms with Crippen LogP contribution < -0.4 is 14.8 Å². The van der Waals surface area contributed by atoms with Crippen molar-refractivity contribution in [1.82, 2.24) is 5.32 Å². The molecule has 33 heavy (non-hydrogen) atoms. The Kier molecular flexibility index (Phi) is 8.79. The molecule has 5 nitrogen and oxygen atoms in total. The molecule has 1 N–H and O–H groups in total. The van der Waals surface area contributed by atoms with E-state index in [0.29, 0.717) is 38.1 Å². The first-order valence-corrected chi connectivity index (χ1v) is 11.3. The molecule has 0 aliphatic rings. The molecule has 0 bridgehead atoms. The molecule has 3 aromatic rings. The summed E-state index contributed by atoms with van der Waals surface area (Å²) in [4.78, 5) is 12.5. The Morgan fingerprint density at radius 1 is 1.12 bits per heavy atom. The van der Waals surface area contributed by atoms with Crippen molar-refractivity contribution in [2.75, 3.05) is 7.11 Å². The molecule has 8 heteroatoms. The molecular formula is C25H19BrCl2N2O3. The number of halogens is 3. The second-order valence-electron chi connectivity index (χ2n) is 6.89. The van der Waals surface area contributed by atoms with Crippen LogP contribution in [0.2, 0.25) is 10.0 Å². The molecule has 0 saturated heterocycles. The Bertz CT molecular complexity index is 1220. The highest BCUT2D eigenvalue weighted by molar-refractivity contribution is 9.10. The van der Waals surface area contributed by atoms with Gasteiger partial charge in [-0.05, 0) is 41.5 Å². The average Bonchev–Trinajstić information content (AvgIpc) is 2.82. The molecule has 0 radical (unpaired) electrons. The van der Waals surface area contributed by atoms with E-state index in [1.54, 1.807) is 30.3 Å². The van der Waals surface area contributed by atoms with Crippen LogP contribution in [-0.4, -0.2) is 13.0 Å². The number of hydrogen-bond acceptors (Lipinski definition) is 4. The highest BCUT2D eigenvalue weighted by Gasteiger charge is 2.14. The average molecular weight is 546 g/mol. The number of nitriles is 1. The van der Waals surface area contributed by atoms with Crippen molar-refractivity contribution in [3.8, 4) is 17.6 Å². The van der Waals surface area contributed by atoms with Crippen molar-refractivity contribution in [1.29, 1.82) is 5.26 Å². The number of methoxy groups -OCH3 is 1. The Balaban J connectivity index is 1.77. The van der Waals surface area contributed by atoms with Crippen LogP contribution in [0.25, 0.3) is 6.08 Å². The van der Waals surface area contributed by atoms with Crippen LogP contribution in [-0.2, 0) is 17.9 Å². The van der Waals surface area contributed by atoms with E-state index < -0.39 is 5.91 Å². The third-order valence-electron chi connectivity index (χ3n) is 4.64. The fourth-order valence-corrected chi connectivity index (χ4v) is 3.81. The van der Waals surface area contributed by atoms with Crippen LogP contribution in [0.5, 0.6) is 11.5 Å². The zero-order chi connectivity index (χ0) is 23.8. The van der Waals surface area contributed by atoms with Gasteiger partial charge in [0.05, 0.1) is 7.11 Å². The largest absolute Gasteiger partial charge is 0.493 e. The standard InChI is InChI=1S/C25H19BrCl2N2O3/c1-32-23-10-18(9-19(13-29)25(31)30-14-16-5-3-2-4-6-16)21(26)12-24(23)33-15-17-7-8-20(27)11-22(17)28/h2-12H,14-15H2,1H3,(H,30,31)/b19-9-. The van der Waals surface area contributed by atoms with E-state index in [4.69, 9.17) is 32.7 Å². The fraction of sp³-hybridized carbons (Fsp3) is 0.120. The lowest BCUT2D eigenvalue weighted by Crippen LogP contribution is -2.23. The van der Waals surface area contributed by atoms with Gasteiger partial charge in [-0.15, -0.1) is 0 Å². The normalized spacial score (nSPS) is 10.9. The van der Waals surface area contributed by atoms with Gasteiger partial charge in [-0.3, -0.25) is 4.79 Å². The lowest BCUT2D eigenvalue weighted by molar-refractivity contribution is -0.117. The van der Waals surface area contributed by atoms with Gasteiger partial charge in [0.2, 0.25) is 0 Å². The van der Waals surface area contributed by atoms with E-state index in [1.165, 1.54) is 13.2 Å². The zero-order valence-electron chi connectivity index (χ0n) is 17.6. The third-order valence-corrected chi connectivity index (χ3v) is 5.92. The van der Waals surface area contributed by atoms with Crippen LogP contribution >= 0.6 is 39.1 Å². The number of carbonyl (C=O) groups excluding carboxylic acids is 1. The molecule has 0 fully saturated rings. The van der Waals surface area contributed by atoms with E-state index in [2.05, 4.69) is 21.2 Å². The monoisotopic (exact) mass is 544 g/mol. The van der Waals surface area contributed by atoms with Crippen LogP contribution in [0.3, 0.4) is 0 Å². The summed E-state index contributed by atoms with van der Waals surface area (Å²) in [6.07, 6.45) is 1.49. The smallest absolute Gasteiger partial charge is 0.262 e. The first-order valence-electron chi connectivity index (χ1n) is 9.79. The number of hydrogen-bond donors (Lipinski definition) is 1. The van der Waals surface area contributed by atoms with Crippen molar-refractivity contribution in [2.24, 2.45) is 0 Å². The second kappa shape index (κ2) is 11.8. The summed E-state index contributed by atoms with van der Waals surface area (Å²) in [5, 5.41) is 13.3. The topological polar surface area (TPSA) is 71.3 Å². The Morgan fingerprint density at radius 3 is 2.55 bits per heavy atom. The van der Waals surface area contributed by atoms with E-state index in [0.717, 1.165) is 11.1 Å². The van der Waals surface area contributed by atoms with Crippen molar-refractivity contribution >= 4 is 51.1 Å². The van der Waals surface area contributed by atoms with Crippen LogP contribution in [0.4, 0.5) is 0 Å². The minimum atomic E-state index is -0.468. The molecule has 0 atom stereocenters. The zero-order valence-corrected chi connectivity index (χ0v) is 20.7. The first kappa shape index (κ1) is 24.7. The molecule has 0 saturated carbocycles. The molecule has 0 aliphatic carbocycles. The van der Waals surface area contributed by atoms with Gasteiger partial charge in [0.15, 0.2) is 11.5 Å². The lowest BCUT2D eigenvalue weighted by atomic mass is 10.1. The Labute approximate surface area is 210 Å². The molecule has 0 unspecified atom stereocenters. The summed E-state index contributed by atoms with van der Waals surface area (Å²) in [7, 11) is 1.51. The van der Waals surface area contributed by atoms with E-state index >= 15 is 0 Å². The summed E-state index contributed by atoms with van der Waals surface area (Å²) >= 11 is 15.6. The quantitative estimate of drug-likeness (QED) is 0.257. The number of rotatable bonds is 8. The minimum Gasteiger partial charge on any atom is -0.493 e. The van der Waals surface area contributed by atoms with E-state index in [9.17, 15) is 10.1 Å². The summed E-state index contributed by atoms with van der Waals surface area (Å²) in [5.74, 6) is 0.445. The summed E-state index contributed by atoms with van der Waals surface area (Å²) in [6.45, 7) is 0.530. The molecule has 0 aromatic heterocycles. The number of nitrogens with zero attached hydrogens (tertiary/aromatic N) is 1. The number of ether oxygens (including phenoxy) is 2. The van der Waals surface area contributed by atoms with Crippen LogP contribution in [0.15, 0.2) is 70.7 Å². The number of carbonyl (C=O) groups is 1. The molecular weight excluding hydrogens is 527 g/mol. The van der Waals surface area contributed by atoms with Crippen molar-refractivity contribution in [3.05, 3.63) is 97.4 Å². The molecule has 0 heterocycles. The first-order chi connectivity index (χ1) is 15.9. The van der Waals surface area contributed by atoms with Gasteiger partial charge in [-0.25, -0.2) is 0 Å². The number of amides is 1. The predicted octanol–water partition coefficient (Wildman–Crippen LogP) is 6.57. The van der Waals surface area contributed by atoms with Gasteiger partial charge in [-0.1, -0.05) is 75.5 Å². The fourth-order valence-electron chi connectivity index (χ4n) is 2.91. The molecule has 3 rings (SSSR count). The van der Waals surface area contributed by atoms with Gasteiger partial charge in [0.1, 0.15) is 18.2 Å². The highest BCUT2D eigenvalue weighted by atomic mass is 79.9. The van der Waals surface area contributed by atoms with Crippen molar-refractivity contribution < 1.29 is 14.3 Å². The predicted molar refractivity (Wildman–Crippen MR) is 133 cm³/mol. The summed E-state index contributed by atoms with van der Waals surface area (Å²) in [5.41, 5.74) is 2.27. The minimum absolute atomic E-state index is 0.0321. The number of nitrogens with one attached hydrogen (secondary N) is 1. The van der Waals surface area contributed by atoms with E-state index in [1.807, 2.05) is 36.4 Å². The van der Waals surface area contributed by atoms with Gasteiger partial charge in [-0.2, -0.15) is 5.26 Å². The van der Waals surface area contributed by atoms with Gasteiger partial charge >= 0.3 is 0 Å². The maximum atomic E-state index is 12.5. The number of benzene rings is 3. The lowest BCUT2D eigenvalue weighted by Gasteiger charge is -2.14. The Hall–Kier alpha value is -2.98.